The van der Waals surface area contributed by atoms with Gasteiger partial charge >= 0.3 is 0 Å². The fourth-order valence-corrected chi connectivity index (χ4v) is 3.54. The zero-order valence-electron chi connectivity index (χ0n) is 14.3. The van der Waals surface area contributed by atoms with Crippen LogP contribution in [0, 0.1) is 13.8 Å². The van der Waals surface area contributed by atoms with E-state index in [1.54, 1.807) is 0 Å². The number of nitrogens with zero attached hydrogens (tertiary/aromatic N) is 1. The molecule has 2 fully saturated rings. The topological polar surface area (TPSA) is 38.8 Å². The van der Waals surface area contributed by atoms with Gasteiger partial charge in [-0.25, -0.2) is 0 Å². The van der Waals surface area contributed by atoms with Gasteiger partial charge in [0.25, 0.3) is 0 Å². The largest absolute Gasteiger partial charge is 0.492 e. The highest BCUT2D eigenvalue weighted by Crippen LogP contribution is 2.35. The van der Waals surface area contributed by atoms with E-state index in [1.807, 2.05) is 11.0 Å². The third-order valence-electron chi connectivity index (χ3n) is 5.28. The van der Waals surface area contributed by atoms with E-state index < -0.39 is 0 Å². The van der Waals surface area contributed by atoms with E-state index in [2.05, 4.69) is 26.0 Å². The van der Waals surface area contributed by atoms with Crippen molar-refractivity contribution >= 4 is 5.91 Å². The molecule has 3 rings (SSSR count). The second-order valence-corrected chi connectivity index (χ2v) is 6.86. The molecular weight excluding hydrogens is 290 g/mol. The van der Waals surface area contributed by atoms with Crippen molar-refractivity contribution in [3.8, 4) is 5.75 Å². The number of hydrogen-bond donors (Lipinski definition) is 0. The Morgan fingerprint density at radius 2 is 2.09 bits per heavy atom. The van der Waals surface area contributed by atoms with E-state index in [9.17, 15) is 4.79 Å². The first-order valence-corrected chi connectivity index (χ1v) is 8.70. The van der Waals surface area contributed by atoms with Gasteiger partial charge in [-0.05, 0) is 62.8 Å². The van der Waals surface area contributed by atoms with E-state index >= 15 is 0 Å². The van der Waals surface area contributed by atoms with E-state index in [1.165, 1.54) is 11.1 Å². The van der Waals surface area contributed by atoms with E-state index in [4.69, 9.17) is 9.47 Å². The van der Waals surface area contributed by atoms with Gasteiger partial charge in [0.15, 0.2) is 0 Å². The van der Waals surface area contributed by atoms with Crippen LogP contribution in [-0.2, 0) is 9.53 Å². The lowest BCUT2D eigenvalue weighted by Crippen LogP contribution is -2.35. The zero-order chi connectivity index (χ0) is 16.3. The number of aryl methyl sites for hydroxylation is 2. The normalized spacial score (nSPS) is 25.0. The standard InChI is InChI=1S/C19H27NO3/c1-15-4-5-17(14-16(15)2)22-13-11-20-10-9-19(7-3-12-23-19)8-6-18(20)21/h4-5,14H,3,6-13H2,1-2H3/t19-/m0/s1. The first kappa shape index (κ1) is 16.3. The number of benzene rings is 1. The highest BCUT2D eigenvalue weighted by atomic mass is 16.5. The van der Waals surface area contributed by atoms with Crippen molar-refractivity contribution in [1.82, 2.24) is 4.90 Å². The average molecular weight is 317 g/mol. The van der Waals surface area contributed by atoms with Gasteiger partial charge in [-0.3, -0.25) is 4.79 Å². The predicted octanol–water partition coefficient (Wildman–Crippen LogP) is 3.24. The van der Waals surface area contributed by atoms with Crippen molar-refractivity contribution in [2.24, 2.45) is 0 Å². The zero-order valence-corrected chi connectivity index (χ0v) is 14.3. The van der Waals surface area contributed by atoms with Gasteiger partial charge in [-0.2, -0.15) is 0 Å². The molecule has 0 aromatic heterocycles. The van der Waals surface area contributed by atoms with Crippen LogP contribution in [0.15, 0.2) is 18.2 Å². The van der Waals surface area contributed by atoms with Crippen molar-refractivity contribution in [3.05, 3.63) is 29.3 Å². The molecule has 0 aliphatic carbocycles. The number of likely N-dealkylation sites (tertiary alicyclic amines) is 1. The Labute approximate surface area is 138 Å². The molecule has 4 heteroatoms. The van der Waals surface area contributed by atoms with Gasteiger partial charge < -0.3 is 14.4 Å². The summed E-state index contributed by atoms with van der Waals surface area (Å²) in [6.07, 6.45) is 4.67. The van der Waals surface area contributed by atoms with Gasteiger partial charge in [0.2, 0.25) is 5.91 Å². The monoisotopic (exact) mass is 317 g/mol. The highest BCUT2D eigenvalue weighted by molar-refractivity contribution is 5.76. The minimum absolute atomic E-state index is 0.0284. The third kappa shape index (κ3) is 3.86. The van der Waals surface area contributed by atoms with E-state index in [0.29, 0.717) is 19.6 Å². The van der Waals surface area contributed by atoms with Crippen molar-refractivity contribution in [3.63, 3.8) is 0 Å². The molecule has 2 aliphatic rings. The van der Waals surface area contributed by atoms with Crippen molar-refractivity contribution in [2.75, 3.05) is 26.3 Å². The summed E-state index contributed by atoms with van der Waals surface area (Å²) < 4.78 is 11.8. The molecule has 1 atom stereocenters. The second-order valence-electron chi connectivity index (χ2n) is 6.86. The molecule has 2 heterocycles. The Kier molecular flexibility index (Phi) is 4.90. The van der Waals surface area contributed by atoms with Gasteiger partial charge in [0, 0.05) is 19.6 Å². The minimum Gasteiger partial charge on any atom is -0.492 e. The number of carbonyl (C=O) groups excluding carboxylic acids is 1. The molecule has 23 heavy (non-hydrogen) atoms. The van der Waals surface area contributed by atoms with Crippen molar-refractivity contribution < 1.29 is 14.3 Å². The van der Waals surface area contributed by atoms with Crippen LogP contribution in [0.1, 0.15) is 43.2 Å². The maximum atomic E-state index is 12.3. The summed E-state index contributed by atoms with van der Waals surface area (Å²) in [5.74, 6) is 1.12. The fraction of sp³-hybridized carbons (Fsp3) is 0.632. The molecular formula is C19H27NO3. The van der Waals surface area contributed by atoms with Gasteiger partial charge in [0.05, 0.1) is 12.1 Å². The van der Waals surface area contributed by atoms with E-state index in [0.717, 1.165) is 44.6 Å². The maximum Gasteiger partial charge on any atom is 0.222 e. The molecule has 126 valence electrons. The number of hydrogen-bond acceptors (Lipinski definition) is 3. The predicted molar refractivity (Wildman–Crippen MR) is 89.8 cm³/mol. The molecule has 0 N–H and O–H groups in total. The van der Waals surface area contributed by atoms with Crippen LogP contribution in [0.2, 0.25) is 0 Å². The lowest BCUT2D eigenvalue weighted by Gasteiger charge is -2.26. The SMILES string of the molecule is Cc1ccc(OCCN2CC[C@]3(CCCO3)CCC2=O)cc1C. The molecule has 0 radical (unpaired) electrons. The highest BCUT2D eigenvalue weighted by Gasteiger charge is 2.38. The molecule has 2 saturated heterocycles. The quantitative estimate of drug-likeness (QED) is 0.856. The summed E-state index contributed by atoms with van der Waals surface area (Å²) >= 11 is 0. The van der Waals surface area contributed by atoms with Crippen LogP contribution < -0.4 is 4.74 Å². The van der Waals surface area contributed by atoms with Crippen molar-refractivity contribution in [1.29, 1.82) is 0 Å². The third-order valence-corrected chi connectivity index (χ3v) is 5.28. The van der Waals surface area contributed by atoms with Gasteiger partial charge in [-0.15, -0.1) is 0 Å². The van der Waals surface area contributed by atoms with Crippen LogP contribution in [0.5, 0.6) is 5.75 Å². The Balaban J connectivity index is 1.51. The first-order valence-electron chi connectivity index (χ1n) is 8.70. The molecule has 1 spiro atoms. The van der Waals surface area contributed by atoms with Crippen molar-refractivity contribution in [2.45, 2.75) is 51.6 Å². The summed E-state index contributed by atoms with van der Waals surface area (Å²) in [4.78, 5) is 14.3. The lowest BCUT2D eigenvalue weighted by atomic mass is 9.92. The Hall–Kier alpha value is -1.55. The fourth-order valence-electron chi connectivity index (χ4n) is 3.54. The second kappa shape index (κ2) is 6.91. The van der Waals surface area contributed by atoms with E-state index in [-0.39, 0.29) is 11.5 Å². The summed E-state index contributed by atoms with van der Waals surface area (Å²) in [5.41, 5.74) is 2.47. The molecule has 0 unspecified atom stereocenters. The minimum atomic E-state index is -0.0284. The van der Waals surface area contributed by atoms with Crippen LogP contribution in [0.4, 0.5) is 0 Å². The smallest absolute Gasteiger partial charge is 0.222 e. The molecule has 0 saturated carbocycles. The average Bonchev–Trinajstić information content (AvgIpc) is 2.94. The van der Waals surface area contributed by atoms with Crippen LogP contribution in [-0.4, -0.2) is 42.7 Å². The van der Waals surface area contributed by atoms with Crippen LogP contribution in [0.25, 0.3) is 0 Å². The molecule has 1 aromatic rings. The lowest BCUT2D eigenvalue weighted by molar-refractivity contribution is -0.131. The molecule has 2 aliphatic heterocycles. The van der Waals surface area contributed by atoms with Gasteiger partial charge in [0.1, 0.15) is 12.4 Å². The van der Waals surface area contributed by atoms with Gasteiger partial charge in [-0.1, -0.05) is 6.07 Å². The molecule has 1 aromatic carbocycles. The summed E-state index contributed by atoms with van der Waals surface area (Å²) in [7, 11) is 0. The maximum absolute atomic E-state index is 12.3. The Bertz CT molecular complexity index is 564. The number of rotatable bonds is 4. The molecule has 1 amide bonds. The van der Waals surface area contributed by atoms with Crippen LogP contribution in [0.3, 0.4) is 0 Å². The molecule has 4 nitrogen and oxygen atoms in total. The number of amides is 1. The Morgan fingerprint density at radius 3 is 2.83 bits per heavy atom. The summed E-state index contributed by atoms with van der Waals surface area (Å²) in [6.45, 7) is 7.01. The number of ether oxygens (including phenoxy) is 2. The van der Waals surface area contributed by atoms with Crippen LogP contribution >= 0.6 is 0 Å². The molecule has 0 bridgehead atoms. The summed E-state index contributed by atoms with van der Waals surface area (Å²) in [5, 5.41) is 0. The summed E-state index contributed by atoms with van der Waals surface area (Å²) in [6, 6.07) is 6.12. The first-order chi connectivity index (χ1) is 11.1. The Morgan fingerprint density at radius 1 is 1.22 bits per heavy atom. The number of carbonyl (C=O) groups is 1.